The van der Waals surface area contributed by atoms with Crippen LogP contribution in [0.2, 0.25) is 0 Å². The quantitative estimate of drug-likeness (QED) is 0.743. The summed E-state index contributed by atoms with van der Waals surface area (Å²) in [5.41, 5.74) is 2.84. The summed E-state index contributed by atoms with van der Waals surface area (Å²) in [6.45, 7) is 2.36. The van der Waals surface area contributed by atoms with Crippen LogP contribution in [0.15, 0.2) is 52.2 Å². The van der Waals surface area contributed by atoms with Crippen molar-refractivity contribution in [1.29, 1.82) is 0 Å². The van der Waals surface area contributed by atoms with Crippen molar-refractivity contribution in [3.05, 3.63) is 64.1 Å². The molecule has 0 fully saturated rings. The van der Waals surface area contributed by atoms with Crippen LogP contribution in [0.25, 0.3) is 11.0 Å². The average molecular weight is 345 g/mol. The van der Waals surface area contributed by atoms with E-state index in [2.05, 4.69) is 16.9 Å². The van der Waals surface area contributed by atoms with Crippen LogP contribution in [-0.4, -0.2) is 29.7 Å². The van der Waals surface area contributed by atoms with E-state index >= 15 is 0 Å². The van der Waals surface area contributed by atoms with Crippen LogP contribution in [-0.2, 0) is 23.0 Å². The van der Waals surface area contributed by atoms with Crippen LogP contribution in [0.4, 0.5) is 0 Å². The molecule has 2 aromatic carbocycles. The minimum Gasteiger partial charge on any atom is -0.306 e. The first-order valence-electron chi connectivity index (χ1n) is 7.66. The molecule has 0 aliphatic rings. The van der Waals surface area contributed by atoms with Crippen LogP contribution in [0, 0.1) is 0 Å². The number of sulfonamides is 1. The van der Waals surface area contributed by atoms with E-state index in [1.165, 1.54) is 22.0 Å². The first-order chi connectivity index (χ1) is 11.4. The number of aryl methyl sites for hydroxylation is 1. The van der Waals surface area contributed by atoms with Crippen molar-refractivity contribution in [3.63, 3.8) is 0 Å². The molecule has 6 nitrogen and oxygen atoms in total. The van der Waals surface area contributed by atoms with Crippen molar-refractivity contribution in [3.8, 4) is 0 Å². The number of fused-ring (bicyclic) bond motifs is 1. The van der Waals surface area contributed by atoms with Gasteiger partial charge in [-0.3, -0.25) is 0 Å². The van der Waals surface area contributed by atoms with Gasteiger partial charge in [0, 0.05) is 13.6 Å². The Kier molecular flexibility index (Phi) is 4.29. The molecule has 0 amide bonds. The maximum absolute atomic E-state index is 12.7. The van der Waals surface area contributed by atoms with E-state index < -0.39 is 10.0 Å². The monoisotopic (exact) mass is 345 g/mol. The van der Waals surface area contributed by atoms with Gasteiger partial charge in [0.05, 0.1) is 15.9 Å². The molecule has 0 saturated heterocycles. The van der Waals surface area contributed by atoms with Crippen molar-refractivity contribution in [2.24, 2.45) is 0 Å². The van der Waals surface area contributed by atoms with E-state index in [-0.39, 0.29) is 17.1 Å². The van der Waals surface area contributed by atoms with Crippen LogP contribution < -0.4 is 5.69 Å². The maximum Gasteiger partial charge on any atom is 0.323 e. The van der Waals surface area contributed by atoms with Crippen molar-refractivity contribution in [2.45, 2.75) is 24.8 Å². The zero-order valence-electron chi connectivity index (χ0n) is 13.5. The highest BCUT2D eigenvalue weighted by atomic mass is 32.2. The van der Waals surface area contributed by atoms with Crippen LogP contribution in [0.5, 0.6) is 0 Å². The Labute approximate surface area is 140 Å². The highest BCUT2D eigenvalue weighted by Crippen LogP contribution is 2.20. The molecule has 2 N–H and O–H groups in total. The third-order valence-electron chi connectivity index (χ3n) is 4.03. The van der Waals surface area contributed by atoms with Gasteiger partial charge in [-0.05, 0) is 35.7 Å². The predicted molar refractivity (Wildman–Crippen MR) is 93.4 cm³/mol. The molecule has 1 heterocycles. The third-order valence-corrected chi connectivity index (χ3v) is 5.83. The number of rotatable bonds is 5. The Morgan fingerprint density at radius 3 is 2.25 bits per heavy atom. The molecule has 0 atom stereocenters. The fourth-order valence-electron chi connectivity index (χ4n) is 2.57. The molecule has 0 aliphatic carbocycles. The van der Waals surface area contributed by atoms with Crippen molar-refractivity contribution in [2.75, 3.05) is 7.05 Å². The van der Waals surface area contributed by atoms with Crippen molar-refractivity contribution in [1.82, 2.24) is 14.3 Å². The lowest BCUT2D eigenvalue weighted by atomic mass is 10.1. The highest BCUT2D eigenvalue weighted by Gasteiger charge is 2.21. The van der Waals surface area contributed by atoms with Gasteiger partial charge in [-0.1, -0.05) is 31.2 Å². The van der Waals surface area contributed by atoms with Gasteiger partial charge in [-0.2, -0.15) is 4.31 Å². The summed E-state index contributed by atoms with van der Waals surface area (Å²) < 4.78 is 26.8. The second kappa shape index (κ2) is 6.26. The molecule has 0 aliphatic heterocycles. The molecule has 0 radical (unpaired) electrons. The number of H-pyrrole nitrogens is 2. The Morgan fingerprint density at radius 2 is 1.58 bits per heavy atom. The average Bonchev–Trinajstić information content (AvgIpc) is 2.94. The lowest BCUT2D eigenvalue weighted by Gasteiger charge is -2.17. The maximum atomic E-state index is 12.7. The van der Waals surface area contributed by atoms with Crippen LogP contribution >= 0.6 is 0 Å². The first-order valence-corrected chi connectivity index (χ1v) is 9.10. The molecular formula is C17H19N3O3S. The Bertz CT molecular complexity index is 1020. The minimum absolute atomic E-state index is 0.151. The number of nitrogens with zero attached hydrogens (tertiary/aromatic N) is 1. The predicted octanol–water partition coefficient (Wildman–Crippen LogP) is 2.24. The van der Waals surface area contributed by atoms with Gasteiger partial charge in [0.2, 0.25) is 10.0 Å². The van der Waals surface area contributed by atoms with Crippen LogP contribution in [0.3, 0.4) is 0 Å². The topological polar surface area (TPSA) is 86.0 Å². The molecule has 24 heavy (non-hydrogen) atoms. The molecule has 7 heteroatoms. The minimum atomic E-state index is -3.64. The summed E-state index contributed by atoms with van der Waals surface area (Å²) >= 11 is 0. The number of imidazole rings is 1. The standard InChI is InChI=1S/C17H19N3O3S/c1-3-12-4-6-13(7-5-12)11-20(2)24(22,23)14-8-9-15-16(10-14)19-17(21)18-15/h4-10H,3,11H2,1-2H3,(H2,18,19,21). The zero-order valence-corrected chi connectivity index (χ0v) is 14.4. The summed E-state index contributed by atoms with van der Waals surface area (Å²) in [6, 6.07) is 12.5. The number of aromatic nitrogens is 2. The van der Waals surface area contributed by atoms with Gasteiger partial charge in [-0.25, -0.2) is 13.2 Å². The van der Waals surface area contributed by atoms with Gasteiger partial charge in [0.25, 0.3) is 0 Å². The molecule has 0 unspecified atom stereocenters. The van der Waals surface area contributed by atoms with E-state index in [0.29, 0.717) is 11.0 Å². The van der Waals surface area contributed by atoms with Gasteiger partial charge in [0.1, 0.15) is 0 Å². The second-order valence-corrected chi connectivity index (χ2v) is 7.76. The molecule has 0 bridgehead atoms. The van der Waals surface area contributed by atoms with Gasteiger partial charge in [0.15, 0.2) is 0 Å². The van der Waals surface area contributed by atoms with E-state index in [1.54, 1.807) is 13.1 Å². The van der Waals surface area contributed by atoms with Gasteiger partial charge in [-0.15, -0.1) is 0 Å². The number of hydrogen-bond donors (Lipinski definition) is 2. The van der Waals surface area contributed by atoms with E-state index in [0.717, 1.165) is 12.0 Å². The Hall–Kier alpha value is -2.38. The Morgan fingerprint density at radius 1 is 0.958 bits per heavy atom. The molecule has 0 spiro atoms. The lowest BCUT2D eigenvalue weighted by Crippen LogP contribution is -2.26. The summed E-state index contributed by atoms with van der Waals surface area (Å²) in [5, 5.41) is 0. The molecule has 126 valence electrons. The second-order valence-electron chi connectivity index (χ2n) is 5.72. The van der Waals surface area contributed by atoms with E-state index in [4.69, 9.17) is 0 Å². The SMILES string of the molecule is CCc1ccc(CN(C)S(=O)(=O)c2ccc3[nH]c(=O)[nH]c3c2)cc1. The Balaban J connectivity index is 1.87. The van der Waals surface area contributed by atoms with E-state index in [9.17, 15) is 13.2 Å². The zero-order chi connectivity index (χ0) is 17.3. The number of hydrogen-bond acceptors (Lipinski definition) is 3. The summed E-state index contributed by atoms with van der Waals surface area (Å²) in [7, 11) is -2.09. The van der Waals surface area contributed by atoms with Gasteiger partial charge >= 0.3 is 5.69 Å². The third kappa shape index (κ3) is 3.13. The molecule has 3 aromatic rings. The molecular weight excluding hydrogens is 326 g/mol. The fraction of sp³-hybridized carbons (Fsp3) is 0.235. The van der Waals surface area contributed by atoms with Crippen LogP contribution in [0.1, 0.15) is 18.1 Å². The molecule has 3 rings (SSSR count). The van der Waals surface area contributed by atoms with Crippen molar-refractivity contribution >= 4 is 21.1 Å². The smallest absolute Gasteiger partial charge is 0.306 e. The molecule has 0 saturated carbocycles. The summed E-state index contributed by atoms with van der Waals surface area (Å²) in [4.78, 5) is 16.6. The van der Waals surface area contributed by atoms with E-state index in [1.807, 2.05) is 24.3 Å². The fourth-order valence-corrected chi connectivity index (χ4v) is 3.76. The number of aromatic amines is 2. The lowest BCUT2D eigenvalue weighted by molar-refractivity contribution is 0.467. The number of benzene rings is 2. The van der Waals surface area contributed by atoms with Crippen molar-refractivity contribution < 1.29 is 8.42 Å². The summed E-state index contributed by atoms with van der Waals surface area (Å²) in [6.07, 6.45) is 0.948. The summed E-state index contributed by atoms with van der Waals surface area (Å²) in [5.74, 6) is 0. The molecule has 1 aromatic heterocycles. The number of nitrogens with one attached hydrogen (secondary N) is 2. The first kappa shape index (κ1) is 16.5. The normalized spacial score (nSPS) is 12.1. The van der Waals surface area contributed by atoms with Gasteiger partial charge < -0.3 is 9.97 Å². The largest absolute Gasteiger partial charge is 0.323 e. The highest BCUT2D eigenvalue weighted by molar-refractivity contribution is 7.89.